The zero-order valence-electron chi connectivity index (χ0n) is 14.9. The number of carbonyl (C=O) groups excluding carboxylic acids is 2. The summed E-state index contributed by atoms with van der Waals surface area (Å²) in [4.78, 5) is 23.1. The maximum absolute atomic E-state index is 11.6. The van der Waals surface area contributed by atoms with Crippen molar-refractivity contribution in [2.45, 2.75) is 104 Å². The van der Waals surface area contributed by atoms with Gasteiger partial charge in [-0.15, -0.1) is 0 Å². The Hall–Kier alpha value is -0.860. The van der Waals surface area contributed by atoms with Gasteiger partial charge in [0, 0.05) is 25.8 Å². The van der Waals surface area contributed by atoms with Crippen molar-refractivity contribution in [3.8, 4) is 0 Å². The predicted octanol–water partition coefficient (Wildman–Crippen LogP) is 5.17. The molecule has 0 unspecified atom stereocenters. The first-order valence-corrected chi connectivity index (χ1v) is 9.49. The van der Waals surface area contributed by atoms with Crippen LogP contribution in [0.25, 0.3) is 0 Å². The molecule has 0 atom stereocenters. The predicted molar refractivity (Wildman–Crippen MR) is 94.0 cm³/mol. The highest BCUT2D eigenvalue weighted by atomic mass is 16.1. The van der Waals surface area contributed by atoms with E-state index in [0.717, 1.165) is 64.3 Å². The maximum Gasteiger partial charge on any atom is 0.219 e. The number of Topliss-reactive ketones (excluding diaryl/α,β-unsaturated/α-hetero) is 1. The summed E-state index contributed by atoms with van der Waals surface area (Å²) in [5.74, 6) is 0.642. The van der Waals surface area contributed by atoms with E-state index in [-0.39, 0.29) is 5.91 Å². The lowest BCUT2D eigenvalue weighted by atomic mass is 10.0. The van der Waals surface area contributed by atoms with Gasteiger partial charge in [0.25, 0.3) is 0 Å². The van der Waals surface area contributed by atoms with Crippen LogP contribution in [0.4, 0.5) is 0 Å². The van der Waals surface area contributed by atoms with Gasteiger partial charge in [0.1, 0.15) is 5.78 Å². The molecule has 0 radical (unpaired) electrons. The average molecular weight is 312 g/mol. The van der Waals surface area contributed by atoms with Crippen molar-refractivity contribution in [3.05, 3.63) is 0 Å². The van der Waals surface area contributed by atoms with Crippen LogP contribution in [0.5, 0.6) is 0 Å². The van der Waals surface area contributed by atoms with E-state index < -0.39 is 0 Å². The second kappa shape index (κ2) is 16.5. The van der Waals surface area contributed by atoms with Crippen molar-refractivity contribution < 1.29 is 9.59 Å². The zero-order chi connectivity index (χ0) is 16.5. The lowest BCUT2D eigenvalue weighted by Gasteiger charge is -2.04. The molecule has 3 nitrogen and oxygen atoms in total. The minimum absolute atomic E-state index is 0.200. The van der Waals surface area contributed by atoms with Crippen LogP contribution in [0.3, 0.4) is 0 Å². The minimum Gasteiger partial charge on any atom is -0.356 e. The van der Waals surface area contributed by atoms with Gasteiger partial charge in [-0.3, -0.25) is 9.59 Å². The lowest BCUT2D eigenvalue weighted by Crippen LogP contribution is -2.23. The van der Waals surface area contributed by atoms with E-state index in [2.05, 4.69) is 19.2 Å². The molecule has 1 amide bonds. The van der Waals surface area contributed by atoms with Crippen molar-refractivity contribution in [2.75, 3.05) is 6.54 Å². The molecule has 0 aliphatic heterocycles. The van der Waals surface area contributed by atoms with Crippen molar-refractivity contribution in [2.24, 2.45) is 0 Å². The molecule has 0 heterocycles. The van der Waals surface area contributed by atoms with Crippen LogP contribution < -0.4 is 5.32 Å². The Balaban J connectivity index is 3.23. The molecular weight excluding hydrogens is 274 g/mol. The van der Waals surface area contributed by atoms with E-state index in [9.17, 15) is 9.59 Å². The molecule has 0 aromatic heterocycles. The van der Waals surface area contributed by atoms with Crippen molar-refractivity contribution in [3.63, 3.8) is 0 Å². The Kier molecular flexibility index (Phi) is 15.9. The molecule has 0 rings (SSSR count). The maximum atomic E-state index is 11.6. The third-order valence-electron chi connectivity index (χ3n) is 4.02. The summed E-state index contributed by atoms with van der Waals surface area (Å²) in [6.07, 6.45) is 14.5. The fraction of sp³-hybridized carbons (Fsp3) is 0.895. The van der Waals surface area contributed by atoms with Crippen molar-refractivity contribution >= 4 is 11.7 Å². The van der Waals surface area contributed by atoms with Gasteiger partial charge in [-0.1, -0.05) is 58.8 Å². The fourth-order valence-corrected chi connectivity index (χ4v) is 2.50. The third kappa shape index (κ3) is 15.5. The van der Waals surface area contributed by atoms with Crippen LogP contribution in [0.2, 0.25) is 0 Å². The van der Waals surface area contributed by atoms with E-state index in [4.69, 9.17) is 0 Å². The van der Waals surface area contributed by atoms with E-state index in [1.165, 1.54) is 25.7 Å². The van der Waals surface area contributed by atoms with Gasteiger partial charge in [0.05, 0.1) is 0 Å². The largest absolute Gasteiger partial charge is 0.356 e. The summed E-state index contributed by atoms with van der Waals surface area (Å²) in [6, 6.07) is 0. The molecule has 0 aliphatic rings. The minimum atomic E-state index is 0.200. The second-order valence-electron chi connectivity index (χ2n) is 6.32. The van der Waals surface area contributed by atoms with Gasteiger partial charge in [-0.25, -0.2) is 0 Å². The van der Waals surface area contributed by atoms with Crippen molar-refractivity contribution in [1.29, 1.82) is 0 Å². The summed E-state index contributed by atoms with van der Waals surface area (Å²) in [5.41, 5.74) is 0. The summed E-state index contributed by atoms with van der Waals surface area (Å²) in [7, 11) is 0. The molecule has 0 saturated heterocycles. The van der Waals surface area contributed by atoms with Crippen LogP contribution in [-0.2, 0) is 9.59 Å². The van der Waals surface area contributed by atoms with E-state index >= 15 is 0 Å². The molecule has 22 heavy (non-hydrogen) atoms. The Morgan fingerprint density at radius 3 is 1.73 bits per heavy atom. The molecule has 0 saturated carbocycles. The quantitative estimate of drug-likeness (QED) is 0.400. The standard InChI is InChI=1S/C19H37NO2/c1-3-5-11-14-18(21)15-12-9-7-8-10-13-16-19(22)20-17-6-4-2/h3-17H2,1-2H3,(H,20,22). The first-order chi connectivity index (χ1) is 10.7. The number of hydrogen-bond acceptors (Lipinski definition) is 2. The van der Waals surface area contributed by atoms with Gasteiger partial charge >= 0.3 is 0 Å². The molecule has 130 valence electrons. The molecular formula is C19H37NO2. The topological polar surface area (TPSA) is 46.2 Å². The summed E-state index contributed by atoms with van der Waals surface area (Å²) < 4.78 is 0. The number of hydrogen-bond donors (Lipinski definition) is 1. The Morgan fingerprint density at radius 1 is 0.636 bits per heavy atom. The highest BCUT2D eigenvalue weighted by Crippen LogP contribution is 2.10. The molecule has 1 N–H and O–H groups in total. The Labute approximate surface area is 137 Å². The highest BCUT2D eigenvalue weighted by molar-refractivity contribution is 5.78. The first kappa shape index (κ1) is 21.1. The third-order valence-corrected chi connectivity index (χ3v) is 4.02. The summed E-state index contributed by atoms with van der Waals surface area (Å²) in [6.45, 7) is 5.12. The summed E-state index contributed by atoms with van der Waals surface area (Å²) >= 11 is 0. The van der Waals surface area contributed by atoms with Crippen LogP contribution in [0.15, 0.2) is 0 Å². The first-order valence-electron chi connectivity index (χ1n) is 9.49. The van der Waals surface area contributed by atoms with Crippen LogP contribution in [0, 0.1) is 0 Å². The van der Waals surface area contributed by atoms with Crippen LogP contribution in [-0.4, -0.2) is 18.2 Å². The number of unbranched alkanes of at least 4 members (excludes halogenated alkanes) is 8. The SMILES string of the molecule is CCCCCC(=O)CCCCCCCCC(=O)NCCCC. The fourth-order valence-electron chi connectivity index (χ4n) is 2.50. The monoisotopic (exact) mass is 311 g/mol. The number of ketones is 1. The molecule has 0 aromatic carbocycles. The summed E-state index contributed by atoms with van der Waals surface area (Å²) in [5, 5.41) is 2.95. The number of rotatable bonds is 16. The molecule has 0 spiro atoms. The van der Waals surface area contributed by atoms with Gasteiger partial charge in [-0.2, -0.15) is 0 Å². The normalized spacial score (nSPS) is 10.6. The highest BCUT2D eigenvalue weighted by Gasteiger charge is 2.02. The number of carbonyl (C=O) groups is 2. The van der Waals surface area contributed by atoms with E-state index in [0.29, 0.717) is 12.2 Å². The van der Waals surface area contributed by atoms with Gasteiger partial charge < -0.3 is 5.32 Å². The van der Waals surface area contributed by atoms with Crippen LogP contribution in [0.1, 0.15) is 104 Å². The lowest BCUT2D eigenvalue weighted by molar-refractivity contribution is -0.121. The van der Waals surface area contributed by atoms with Crippen molar-refractivity contribution in [1.82, 2.24) is 5.32 Å². The van der Waals surface area contributed by atoms with E-state index in [1.54, 1.807) is 0 Å². The average Bonchev–Trinajstić information content (AvgIpc) is 2.50. The van der Waals surface area contributed by atoms with E-state index in [1.807, 2.05) is 0 Å². The van der Waals surface area contributed by atoms with Gasteiger partial charge in [0.2, 0.25) is 5.91 Å². The number of amides is 1. The van der Waals surface area contributed by atoms with Gasteiger partial charge in [0.15, 0.2) is 0 Å². The molecule has 0 aliphatic carbocycles. The van der Waals surface area contributed by atoms with Crippen LogP contribution >= 0.6 is 0 Å². The van der Waals surface area contributed by atoms with Gasteiger partial charge in [-0.05, 0) is 25.7 Å². The molecule has 0 aromatic rings. The zero-order valence-corrected chi connectivity index (χ0v) is 14.9. The second-order valence-corrected chi connectivity index (χ2v) is 6.32. The molecule has 0 bridgehead atoms. The number of nitrogens with one attached hydrogen (secondary N) is 1. The Bertz CT molecular complexity index is 249. The molecule has 3 heteroatoms. The molecule has 0 fully saturated rings. The Morgan fingerprint density at radius 2 is 1.14 bits per heavy atom. The smallest absolute Gasteiger partial charge is 0.219 e.